The molecule has 0 bridgehead atoms. The summed E-state index contributed by atoms with van der Waals surface area (Å²) in [7, 11) is -4.12. The number of carboxylic acid groups (broad SMARTS) is 1. The number of ketones is 1. The predicted molar refractivity (Wildman–Crippen MR) is 153 cm³/mol. The van der Waals surface area contributed by atoms with E-state index in [2.05, 4.69) is 10.0 Å². The van der Waals surface area contributed by atoms with E-state index in [1.54, 1.807) is 36.4 Å². The number of hydrogen-bond donors (Lipinski definition) is 5. The molecule has 1 heterocycles. The molecule has 1 saturated carbocycles. The van der Waals surface area contributed by atoms with Crippen LogP contribution in [0.3, 0.4) is 0 Å². The van der Waals surface area contributed by atoms with Gasteiger partial charge in [0.1, 0.15) is 11.9 Å². The molecule has 210 valence electrons. The van der Waals surface area contributed by atoms with Gasteiger partial charge in [0, 0.05) is 5.56 Å². The second-order valence-corrected chi connectivity index (χ2v) is 12.6. The molecule has 0 aromatic heterocycles. The first kappa shape index (κ1) is 27.9. The molecular weight excluding hydrogens is 528 g/mol. The number of sulfonamides is 1. The first-order valence-corrected chi connectivity index (χ1v) is 15.1. The monoisotopic (exact) mass is 562 g/mol. The van der Waals surface area contributed by atoms with Crippen molar-refractivity contribution < 1.29 is 23.1 Å². The zero-order chi connectivity index (χ0) is 28.4. The van der Waals surface area contributed by atoms with Gasteiger partial charge in [-0.2, -0.15) is 0 Å². The van der Waals surface area contributed by atoms with E-state index >= 15 is 0 Å². The highest BCUT2D eigenvalue weighted by molar-refractivity contribution is 7.89. The summed E-state index contributed by atoms with van der Waals surface area (Å²) >= 11 is 0. The Bertz CT molecular complexity index is 1560. The number of amidine groups is 1. The third-order valence-corrected chi connectivity index (χ3v) is 9.74. The molecule has 3 aromatic carbocycles. The lowest BCUT2D eigenvalue weighted by molar-refractivity contribution is -0.143. The maximum atomic E-state index is 14.2. The number of piperidine rings is 1. The number of rotatable bonds is 9. The second kappa shape index (κ2) is 11.5. The highest BCUT2D eigenvalue weighted by Crippen LogP contribution is 2.39. The molecule has 0 spiro atoms. The van der Waals surface area contributed by atoms with Crippen LogP contribution in [0.15, 0.2) is 71.6 Å². The molecule has 4 unspecified atom stereocenters. The third-order valence-electron chi connectivity index (χ3n) is 8.27. The molecule has 10 heteroatoms. The molecule has 2 fully saturated rings. The summed E-state index contributed by atoms with van der Waals surface area (Å²) in [6.45, 7) is 0. The van der Waals surface area contributed by atoms with Crippen LogP contribution in [0.25, 0.3) is 10.8 Å². The fourth-order valence-electron chi connectivity index (χ4n) is 6.25. The van der Waals surface area contributed by atoms with E-state index < -0.39 is 34.1 Å². The van der Waals surface area contributed by atoms with Crippen LogP contribution >= 0.6 is 0 Å². The Hall–Kier alpha value is -3.60. The van der Waals surface area contributed by atoms with Gasteiger partial charge in [-0.15, -0.1) is 0 Å². The first-order valence-electron chi connectivity index (χ1n) is 13.6. The molecule has 3 aromatic rings. The van der Waals surface area contributed by atoms with Crippen molar-refractivity contribution in [3.05, 3.63) is 77.9 Å². The van der Waals surface area contributed by atoms with E-state index in [-0.39, 0.29) is 34.8 Å². The Kier molecular flexibility index (Phi) is 8.02. The van der Waals surface area contributed by atoms with Crippen molar-refractivity contribution in [1.82, 2.24) is 10.0 Å². The van der Waals surface area contributed by atoms with E-state index in [9.17, 15) is 23.1 Å². The number of Topliss-reactive ketones (excluding diaryl/α,β-unsaturated/α-hetero) is 1. The van der Waals surface area contributed by atoms with Crippen LogP contribution in [-0.2, 0) is 26.0 Å². The summed E-state index contributed by atoms with van der Waals surface area (Å²) in [6.07, 6.45) is 4.05. The normalized spacial score (nSPS) is 23.7. The highest BCUT2D eigenvalue weighted by atomic mass is 32.2. The number of fused-ring (bicyclic) bond motifs is 2. The molecule has 5 atom stereocenters. The lowest BCUT2D eigenvalue weighted by atomic mass is 9.68. The van der Waals surface area contributed by atoms with Gasteiger partial charge in [-0.05, 0) is 65.6 Å². The van der Waals surface area contributed by atoms with Gasteiger partial charge in [-0.1, -0.05) is 67.8 Å². The summed E-state index contributed by atoms with van der Waals surface area (Å²) in [5.74, 6) is -1.49. The minimum atomic E-state index is -4.12. The van der Waals surface area contributed by atoms with Gasteiger partial charge >= 0.3 is 5.97 Å². The number of carbonyl (C=O) groups excluding carboxylic acids is 1. The molecule has 2 aliphatic rings. The summed E-state index contributed by atoms with van der Waals surface area (Å²) in [4.78, 5) is 26.2. The average molecular weight is 563 g/mol. The number of carbonyl (C=O) groups is 2. The number of nitrogen functional groups attached to an aromatic ring is 1. The van der Waals surface area contributed by atoms with Crippen molar-refractivity contribution in [1.29, 1.82) is 5.41 Å². The lowest BCUT2D eigenvalue weighted by Gasteiger charge is -2.44. The van der Waals surface area contributed by atoms with Crippen molar-refractivity contribution in [2.75, 3.05) is 0 Å². The Morgan fingerprint density at radius 2 is 1.77 bits per heavy atom. The molecule has 40 heavy (non-hydrogen) atoms. The van der Waals surface area contributed by atoms with E-state index in [1.807, 2.05) is 24.3 Å². The molecule has 0 radical (unpaired) electrons. The predicted octanol–water partition coefficient (Wildman–Crippen LogP) is 3.20. The molecule has 1 aliphatic carbocycles. The molecule has 6 N–H and O–H groups in total. The average Bonchev–Trinajstić information content (AvgIpc) is 2.95. The van der Waals surface area contributed by atoms with Crippen molar-refractivity contribution in [3.8, 4) is 0 Å². The molecule has 0 amide bonds. The molecule has 9 nitrogen and oxygen atoms in total. The van der Waals surface area contributed by atoms with E-state index in [4.69, 9.17) is 11.1 Å². The number of carboxylic acids is 1. The van der Waals surface area contributed by atoms with E-state index in [0.29, 0.717) is 17.5 Å². The Balaban J connectivity index is 1.50. The minimum absolute atomic E-state index is 0.0278. The number of benzene rings is 3. The van der Waals surface area contributed by atoms with Crippen LogP contribution in [0.5, 0.6) is 0 Å². The molecular formula is C30H34N4O5S. The van der Waals surface area contributed by atoms with Crippen LogP contribution in [0.1, 0.15) is 43.2 Å². The van der Waals surface area contributed by atoms with E-state index in [0.717, 1.165) is 36.5 Å². The summed E-state index contributed by atoms with van der Waals surface area (Å²) in [5, 5.41) is 22.3. The molecule has 1 aliphatic heterocycles. The van der Waals surface area contributed by atoms with Gasteiger partial charge in [0.25, 0.3) is 0 Å². The minimum Gasteiger partial charge on any atom is -0.480 e. The van der Waals surface area contributed by atoms with Crippen LogP contribution < -0.4 is 15.8 Å². The quantitative estimate of drug-likeness (QED) is 0.198. The zero-order valence-corrected chi connectivity index (χ0v) is 22.9. The smallest absolute Gasteiger partial charge is 0.320 e. The van der Waals surface area contributed by atoms with Gasteiger partial charge in [0.15, 0.2) is 5.78 Å². The fraction of sp³-hybridized carbons (Fsp3) is 0.367. The van der Waals surface area contributed by atoms with Gasteiger partial charge in [0.05, 0.1) is 17.0 Å². The van der Waals surface area contributed by atoms with Crippen molar-refractivity contribution in [2.24, 2.45) is 17.6 Å². The van der Waals surface area contributed by atoms with Gasteiger partial charge in [-0.3, -0.25) is 20.3 Å². The van der Waals surface area contributed by atoms with Gasteiger partial charge in [0.2, 0.25) is 10.0 Å². The molecule has 5 rings (SSSR count). The summed E-state index contributed by atoms with van der Waals surface area (Å²) in [6, 6.07) is 16.2. The van der Waals surface area contributed by atoms with Crippen LogP contribution in [0, 0.1) is 17.2 Å². The first-order chi connectivity index (χ1) is 19.1. The summed E-state index contributed by atoms with van der Waals surface area (Å²) in [5.41, 5.74) is 6.77. The van der Waals surface area contributed by atoms with Crippen molar-refractivity contribution in [2.45, 2.75) is 61.5 Å². The molecule has 1 saturated heterocycles. The number of aliphatic carboxylic acids is 1. The van der Waals surface area contributed by atoms with Gasteiger partial charge in [-0.25, -0.2) is 13.1 Å². The number of nitrogens with two attached hydrogens (primary N) is 1. The second-order valence-electron chi connectivity index (χ2n) is 10.9. The van der Waals surface area contributed by atoms with Crippen molar-refractivity contribution >= 4 is 38.4 Å². The van der Waals surface area contributed by atoms with Crippen molar-refractivity contribution in [3.63, 3.8) is 0 Å². The van der Waals surface area contributed by atoms with Crippen LogP contribution in [0.4, 0.5) is 0 Å². The van der Waals surface area contributed by atoms with Crippen LogP contribution in [-0.4, -0.2) is 49.2 Å². The lowest BCUT2D eigenvalue weighted by Crippen LogP contribution is -2.62. The zero-order valence-electron chi connectivity index (χ0n) is 22.0. The Morgan fingerprint density at radius 3 is 2.52 bits per heavy atom. The summed E-state index contributed by atoms with van der Waals surface area (Å²) < 4.78 is 30.0. The maximum absolute atomic E-state index is 14.2. The number of hydrogen-bond acceptors (Lipinski definition) is 6. The fourth-order valence-corrected chi connectivity index (χ4v) is 7.49. The Labute approximate surface area is 233 Å². The third kappa shape index (κ3) is 5.94. The maximum Gasteiger partial charge on any atom is 0.320 e. The topological polar surface area (TPSA) is 162 Å². The van der Waals surface area contributed by atoms with E-state index in [1.165, 1.54) is 6.07 Å². The highest BCUT2D eigenvalue weighted by Gasteiger charge is 2.46. The van der Waals surface area contributed by atoms with Gasteiger partial charge < -0.3 is 10.8 Å². The Morgan fingerprint density at radius 1 is 1.02 bits per heavy atom. The SMILES string of the molecule is N=C(N)c1cccc(C[C@H](NS(=O)(=O)c2ccc3ccccc3c2)C(=O)C2NC(C(=O)O)CC3CCCCC32)c1. The van der Waals surface area contributed by atoms with Crippen LogP contribution in [0.2, 0.25) is 0 Å². The standard InChI is InChI=1S/C30H34N4O5S/c31-29(32)22-10-5-6-18(14-22)15-25(34-40(38,39)23-13-12-19-7-1-2-8-20(19)16-23)28(35)27-24-11-4-3-9-21(24)17-26(33-27)30(36)37/h1-2,5-8,10,12-14,16,21,24-27,33-34H,3-4,9,11,15,17H2,(H3,31,32)(H,36,37)/t21?,24?,25-,26?,27?/m0/s1. The largest absolute Gasteiger partial charge is 0.480 e. The number of nitrogens with one attached hydrogen (secondary N) is 3.